The average Bonchev–Trinajstić information content (AvgIpc) is 2.65. The summed E-state index contributed by atoms with van der Waals surface area (Å²) in [6.07, 6.45) is 0. The van der Waals surface area contributed by atoms with Gasteiger partial charge in [0.15, 0.2) is 18.1 Å². The number of likely N-dealkylation sites (N-methyl/N-ethyl adjacent to an activating group) is 1. The Bertz CT molecular complexity index is 778. The topological polar surface area (TPSA) is 93.9 Å². The molecule has 27 heavy (non-hydrogen) atoms. The van der Waals surface area contributed by atoms with Gasteiger partial charge in [-0.2, -0.15) is 0 Å². The predicted octanol–water partition coefficient (Wildman–Crippen LogP) is 1.59. The molecule has 2 rings (SSSR count). The van der Waals surface area contributed by atoms with Crippen LogP contribution in [-0.2, 0) is 4.79 Å². The van der Waals surface area contributed by atoms with Gasteiger partial charge in [0, 0.05) is 12.1 Å². The highest BCUT2D eigenvalue weighted by molar-refractivity contribution is 5.95. The molecule has 0 fully saturated rings. The largest absolute Gasteiger partial charge is 0.493 e. The molecule has 0 aliphatic rings. The summed E-state index contributed by atoms with van der Waals surface area (Å²) in [5.74, 6) is -0.118. The van der Waals surface area contributed by atoms with Gasteiger partial charge in [0.25, 0.3) is 11.8 Å². The van der Waals surface area contributed by atoms with Gasteiger partial charge in [-0.25, -0.2) is 0 Å². The number of amides is 2. The molecule has 3 N–H and O–H groups in total. The normalized spacial score (nSPS) is 11.7. The molecule has 0 saturated heterocycles. The third-order valence-corrected chi connectivity index (χ3v) is 3.85. The Morgan fingerprint density at radius 3 is 2.41 bits per heavy atom. The van der Waals surface area contributed by atoms with Gasteiger partial charge in [-0.1, -0.05) is 30.3 Å². The fourth-order valence-electron chi connectivity index (χ4n) is 2.60. The Labute approximate surface area is 159 Å². The molecule has 144 valence electrons. The van der Waals surface area contributed by atoms with Crippen molar-refractivity contribution in [2.24, 2.45) is 5.73 Å². The molecule has 2 aromatic rings. The summed E-state index contributed by atoms with van der Waals surface area (Å²) in [6.45, 7) is 0.396. The van der Waals surface area contributed by atoms with Crippen LogP contribution in [-0.4, -0.2) is 51.1 Å². The number of methoxy groups -OCH3 is 1. The first-order valence-corrected chi connectivity index (χ1v) is 8.50. The quantitative estimate of drug-likeness (QED) is 0.698. The van der Waals surface area contributed by atoms with Crippen LogP contribution >= 0.6 is 0 Å². The van der Waals surface area contributed by atoms with Gasteiger partial charge >= 0.3 is 0 Å². The lowest BCUT2D eigenvalue weighted by Gasteiger charge is -2.23. The maximum absolute atomic E-state index is 12.8. The fraction of sp³-hybridized carbons (Fsp3) is 0.300. The average molecular weight is 371 g/mol. The number of carbonyl (C=O) groups is 2. The first-order valence-electron chi connectivity index (χ1n) is 8.50. The predicted molar refractivity (Wildman–Crippen MR) is 103 cm³/mol. The second-order valence-electron chi connectivity index (χ2n) is 6.32. The second-order valence-corrected chi connectivity index (χ2v) is 6.32. The summed E-state index contributed by atoms with van der Waals surface area (Å²) >= 11 is 0. The lowest BCUT2D eigenvalue weighted by Crippen LogP contribution is -2.35. The van der Waals surface area contributed by atoms with E-state index in [-0.39, 0.29) is 18.6 Å². The molecule has 0 heterocycles. The molecule has 0 unspecified atom stereocenters. The van der Waals surface area contributed by atoms with E-state index < -0.39 is 5.91 Å². The molecule has 2 aromatic carbocycles. The Kier molecular flexibility index (Phi) is 7.19. The molecule has 0 bridgehead atoms. The number of primary amides is 1. The molecule has 1 atom stereocenters. The van der Waals surface area contributed by atoms with Crippen LogP contribution in [0, 0.1) is 0 Å². The van der Waals surface area contributed by atoms with Crippen molar-refractivity contribution in [3.63, 3.8) is 0 Å². The van der Waals surface area contributed by atoms with E-state index in [4.69, 9.17) is 15.2 Å². The van der Waals surface area contributed by atoms with Gasteiger partial charge in [-0.3, -0.25) is 9.59 Å². The zero-order valence-corrected chi connectivity index (χ0v) is 15.8. The summed E-state index contributed by atoms with van der Waals surface area (Å²) in [5.41, 5.74) is 6.54. The fourth-order valence-corrected chi connectivity index (χ4v) is 2.60. The first-order chi connectivity index (χ1) is 12.9. The van der Waals surface area contributed by atoms with Crippen LogP contribution in [0.1, 0.15) is 22.0 Å². The van der Waals surface area contributed by atoms with Crippen molar-refractivity contribution in [3.05, 3.63) is 59.7 Å². The van der Waals surface area contributed by atoms with Crippen LogP contribution < -0.4 is 20.5 Å². The standard InChI is InChI=1S/C20H25N3O4/c1-23(2)12-16(14-7-5-4-6-8-14)22-20(25)15-9-10-17(18(11-15)26-3)27-13-19(21)24/h4-11,16H,12-13H2,1-3H3,(H2,21,24)(H,22,25)/t16-/m1/s1. The smallest absolute Gasteiger partial charge is 0.255 e. The number of benzene rings is 2. The van der Waals surface area contributed by atoms with E-state index in [0.29, 0.717) is 23.6 Å². The molecule has 0 spiro atoms. The molecule has 0 saturated carbocycles. The van der Waals surface area contributed by atoms with E-state index in [1.165, 1.54) is 7.11 Å². The summed E-state index contributed by atoms with van der Waals surface area (Å²) in [7, 11) is 5.37. The van der Waals surface area contributed by atoms with Crippen molar-refractivity contribution in [1.82, 2.24) is 10.2 Å². The minimum absolute atomic E-state index is 0.162. The minimum atomic E-state index is -0.590. The van der Waals surface area contributed by atoms with Gasteiger partial charge in [0.1, 0.15) is 0 Å². The van der Waals surface area contributed by atoms with Gasteiger partial charge in [0.05, 0.1) is 13.2 Å². The van der Waals surface area contributed by atoms with Crippen molar-refractivity contribution in [2.45, 2.75) is 6.04 Å². The SMILES string of the molecule is COc1cc(C(=O)N[C@H](CN(C)C)c2ccccc2)ccc1OCC(N)=O. The number of nitrogens with two attached hydrogens (primary N) is 1. The number of nitrogens with one attached hydrogen (secondary N) is 1. The lowest BCUT2D eigenvalue weighted by molar-refractivity contribution is -0.119. The van der Waals surface area contributed by atoms with Crippen LogP contribution in [0.15, 0.2) is 48.5 Å². The van der Waals surface area contributed by atoms with Crippen LogP contribution in [0.25, 0.3) is 0 Å². The van der Waals surface area contributed by atoms with Crippen LogP contribution in [0.3, 0.4) is 0 Å². The number of nitrogens with zero attached hydrogens (tertiary/aromatic N) is 1. The van der Waals surface area contributed by atoms with Crippen LogP contribution in [0.4, 0.5) is 0 Å². The first kappa shape index (κ1) is 20.3. The Morgan fingerprint density at radius 1 is 1.11 bits per heavy atom. The highest BCUT2D eigenvalue weighted by atomic mass is 16.5. The maximum Gasteiger partial charge on any atom is 0.255 e. The summed E-state index contributed by atoms with van der Waals surface area (Å²) in [5, 5.41) is 3.05. The number of hydrogen-bond donors (Lipinski definition) is 2. The molecule has 2 amide bonds. The van der Waals surface area contributed by atoms with Gasteiger partial charge in [0.2, 0.25) is 0 Å². The van der Waals surface area contributed by atoms with Crippen molar-refractivity contribution < 1.29 is 19.1 Å². The lowest BCUT2D eigenvalue weighted by atomic mass is 10.1. The number of hydrogen-bond acceptors (Lipinski definition) is 5. The van der Waals surface area contributed by atoms with E-state index >= 15 is 0 Å². The molecular weight excluding hydrogens is 346 g/mol. The Balaban J connectivity index is 2.18. The third-order valence-electron chi connectivity index (χ3n) is 3.85. The number of carbonyl (C=O) groups excluding carboxylic acids is 2. The summed E-state index contributed by atoms with van der Waals surface area (Å²) in [4.78, 5) is 25.6. The molecular formula is C20H25N3O4. The van der Waals surface area contributed by atoms with Crippen molar-refractivity contribution >= 4 is 11.8 Å². The van der Waals surface area contributed by atoms with Gasteiger partial charge < -0.3 is 25.4 Å². The molecule has 0 aliphatic carbocycles. The Morgan fingerprint density at radius 2 is 1.81 bits per heavy atom. The number of rotatable bonds is 9. The van der Waals surface area contributed by atoms with Crippen LogP contribution in [0.5, 0.6) is 11.5 Å². The summed E-state index contributed by atoms with van der Waals surface area (Å²) in [6, 6.07) is 14.4. The van der Waals surface area contributed by atoms with Gasteiger partial charge in [-0.05, 0) is 37.9 Å². The molecule has 7 nitrogen and oxygen atoms in total. The van der Waals surface area contributed by atoms with Crippen LogP contribution in [0.2, 0.25) is 0 Å². The van der Waals surface area contributed by atoms with Crippen molar-refractivity contribution in [3.8, 4) is 11.5 Å². The zero-order valence-electron chi connectivity index (χ0n) is 15.8. The molecule has 7 heteroatoms. The third kappa shape index (κ3) is 6.00. The van der Waals surface area contributed by atoms with Gasteiger partial charge in [-0.15, -0.1) is 0 Å². The van der Waals surface area contributed by atoms with E-state index in [0.717, 1.165) is 5.56 Å². The molecule has 0 radical (unpaired) electrons. The minimum Gasteiger partial charge on any atom is -0.493 e. The highest BCUT2D eigenvalue weighted by Crippen LogP contribution is 2.28. The van der Waals surface area contributed by atoms with E-state index in [1.54, 1.807) is 18.2 Å². The number of ether oxygens (including phenoxy) is 2. The van der Waals surface area contributed by atoms with E-state index in [2.05, 4.69) is 5.32 Å². The zero-order chi connectivity index (χ0) is 19.8. The van der Waals surface area contributed by atoms with Crippen molar-refractivity contribution in [1.29, 1.82) is 0 Å². The van der Waals surface area contributed by atoms with Crippen molar-refractivity contribution in [2.75, 3.05) is 34.4 Å². The maximum atomic E-state index is 12.8. The monoisotopic (exact) mass is 371 g/mol. The molecule has 0 aromatic heterocycles. The molecule has 0 aliphatic heterocycles. The van der Waals surface area contributed by atoms with E-state index in [1.807, 2.05) is 49.3 Å². The summed E-state index contributed by atoms with van der Waals surface area (Å²) < 4.78 is 10.5. The Hall–Kier alpha value is -3.06. The second kappa shape index (κ2) is 9.59. The van der Waals surface area contributed by atoms with E-state index in [9.17, 15) is 9.59 Å². The highest BCUT2D eigenvalue weighted by Gasteiger charge is 2.18.